The molecule has 1 atom stereocenters. The quantitative estimate of drug-likeness (QED) is 0.905. The standard InChI is InChI=1S/C15H16N4O2/c1-10-4-5-11(9-17-10)14(20)19-8-2-3-13(19)12-6-7-16-15(21)18-12/h4-7,9,13H,2-3,8H2,1H3,(H,16,18,21). The Kier molecular flexibility index (Phi) is 3.51. The van der Waals surface area contributed by atoms with E-state index < -0.39 is 0 Å². The van der Waals surface area contributed by atoms with E-state index in [4.69, 9.17) is 0 Å². The van der Waals surface area contributed by atoms with Gasteiger partial charge in [0.2, 0.25) is 0 Å². The Balaban J connectivity index is 1.88. The molecule has 0 bridgehead atoms. The van der Waals surface area contributed by atoms with Crippen LogP contribution in [0.4, 0.5) is 0 Å². The molecular weight excluding hydrogens is 268 g/mol. The number of hydrogen-bond acceptors (Lipinski definition) is 4. The number of pyridine rings is 1. The van der Waals surface area contributed by atoms with Gasteiger partial charge < -0.3 is 9.88 Å². The number of amides is 1. The van der Waals surface area contributed by atoms with Crippen LogP contribution in [0.15, 0.2) is 35.4 Å². The molecule has 21 heavy (non-hydrogen) atoms. The van der Waals surface area contributed by atoms with Crippen LogP contribution < -0.4 is 5.69 Å². The normalized spacial score (nSPS) is 18.0. The molecular formula is C15H16N4O2. The molecule has 1 saturated heterocycles. The maximum Gasteiger partial charge on any atom is 0.345 e. The van der Waals surface area contributed by atoms with E-state index in [9.17, 15) is 9.59 Å². The van der Waals surface area contributed by atoms with Gasteiger partial charge in [-0.3, -0.25) is 9.78 Å². The molecule has 0 spiro atoms. The summed E-state index contributed by atoms with van der Waals surface area (Å²) >= 11 is 0. The molecule has 1 N–H and O–H groups in total. The maximum atomic E-state index is 12.6. The topological polar surface area (TPSA) is 79.0 Å². The number of rotatable bonds is 2. The van der Waals surface area contributed by atoms with Crippen LogP contribution in [0.1, 0.15) is 40.6 Å². The Bertz CT molecular complexity index is 708. The molecule has 0 aliphatic carbocycles. The summed E-state index contributed by atoms with van der Waals surface area (Å²) in [5.41, 5.74) is 1.80. The van der Waals surface area contributed by atoms with Gasteiger partial charge in [-0.2, -0.15) is 0 Å². The lowest BCUT2D eigenvalue weighted by atomic mass is 10.1. The molecule has 2 aromatic rings. The summed E-state index contributed by atoms with van der Waals surface area (Å²) in [6.07, 6.45) is 4.83. The van der Waals surface area contributed by atoms with E-state index in [0.717, 1.165) is 24.2 Å². The molecule has 108 valence electrons. The third kappa shape index (κ3) is 2.69. The fraction of sp³-hybridized carbons (Fsp3) is 0.333. The third-order valence-corrected chi connectivity index (χ3v) is 3.73. The van der Waals surface area contributed by atoms with Crippen LogP contribution >= 0.6 is 0 Å². The van der Waals surface area contributed by atoms with E-state index in [2.05, 4.69) is 15.0 Å². The summed E-state index contributed by atoms with van der Waals surface area (Å²) in [5, 5.41) is 0. The van der Waals surface area contributed by atoms with Gasteiger partial charge in [-0.1, -0.05) is 0 Å². The molecule has 2 aromatic heterocycles. The SMILES string of the molecule is Cc1ccc(C(=O)N2CCCC2c2ccnc(=O)[nH]2)cn1. The van der Waals surface area contributed by atoms with E-state index in [-0.39, 0.29) is 17.6 Å². The van der Waals surface area contributed by atoms with Crippen LogP contribution in [0.3, 0.4) is 0 Å². The molecule has 6 heteroatoms. The molecule has 1 unspecified atom stereocenters. The molecule has 0 radical (unpaired) electrons. The highest BCUT2D eigenvalue weighted by Crippen LogP contribution is 2.31. The molecule has 0 saturated carbocycles. The van der Waals surface area contributed by atoms with Gasteiger partial charge in [-0.05, 0) is 38.0 Å². The van der Waals surface area contributed by atoms with E-state index in [0.29, 0.717) is 12.1 Å². The zero-order valence-electron chi connectivity index (χ0n) is 11.7. The Labute approximate surface area is 121 Å². The van der Waals surface area contributed by atoms with Crippen molar-refractivity contribution in [2.75, 3.05) is 6.54 Å². The second-order valence-corrected chi connectivity index (χ2v) is 5.18. The van der Waals surface area contributed by atoms with Gasteiger partial charge in [0.1, 0.15) is 0 Å². The van der Waals surface area contributed by atoms with E-state index in [1.165, 1.54) is 6.20 Å². The highest BCUT2D eigenvalue weighted by Gasteiger charge is 2.31. The van der Waals surface area contributed by atoms with Crippen molar-refractivity contribution in [2.45, 2.75) is 25.8 Å². The number of carbonyl (C=O) groups excluding carboxylic acids is 1. The van der Waals surface area contributed by atoms with Crippen LogP contribution in [0.25, 0.3) is 0 Å². The van der Waals surface area contributed by atoms with Gasteiger partial charge in [0.05, 0.1) is 11.6 Å². The second-order valence-electron chi connectivity index (χ2n) is 5.18. The molecule has 1 fully saturated rings. The van der Waals surface area contributed by atoms with Gasteiger partial charge in [-0.15, -0.1) is 0 Å². The number of hydrogen-bond donors (Lipinski definition) is 1. The molecule has 1 aliphatic heterocycles. The minimum Gasteiger partial charge on any atom is -0.330 e. The number of likely N-dealkylation sites (tertiary alicyclic amines) is 1. The van der Waals surface area contributed by atoms with Gasteiger partial charge >= 0.3 is 5.69 Å². The second kappa shape index (κ2) is 5.47. The highest BCUT2D eigenvalue weighted by atomic mass is 16.2. The molecule has 0 aromatic carbocycles. The number of aromatic amines is 1. The van der Waals surface area contributed by atoms with Crippen LogP contribution in [-0.2, 0) is 0 Å². The van der Waals surface area contributed by atoms with Crippen LogP contribution in [-0.4, -0.2) is 32.3 Å². The van der Waals surface area contributed by atoms with Crippen molar-refractivity contribution in [1.29, 1.82) is 0 Å². The number of aromatic nitrogens is 3. The summed E-state index contributed by atoms with van der Waals surface area (Å²) in [6.45, 7) is 2.57. The van der Waals surface area contributed by atoms with E-state index >= 15 is 0 Å². The average Bonchev–Trinajstić information content (AvgIpc) is 2.97. The smallest absolute Gasteiger partial charge is 0.330 e. The lowest BCUT2D eigenvalue weighted by Crippen LogP contribution is -2.32. The van der Waals surface area contributed by atoms with E-state index in [1.54, 1.807) is 23.2 Å². The number of carbonyl (C=O) groups is 1. The summed E-state index contributed by atoms with van der Waals surface area (Å²) in [6, 6.07) is 5.27. The zero-order chi connectivity index (χ0) is 14.8. The molecule has 3 rings (SSSR count). The fourth-order valence-electron chi connectivity index (χ4n) is 2.67. The predicted molar refractivity (Wildman–Crippen MR) is 76.8 cm³/mol. The first-order valence-corrected chi connectivity index (χ1v) is 6.94. The summed E-state index contributed by atoms with van der Waals surface area (Å²) < 4.78 is 0. The molecule has 1 amide bonds. The summed E-state index contributed by atoms with van der Waals surface area (Å²) in [4.78, 5) is 36.3. The maximum absolute atomic E-state index is 12.6. The first-order chi connectivity index (χ1) is 10.1. The van der Waals surface area contributed by atoms with Crippen LogP contribution in [0.2, 0.25) is 0 Å². The number of H-pyrrole nitrogens is 1. The minimum atomic E-state index is -0.385. The van der Waals surface area contributed by atoms with Crippen molar-refractivity contribution in [1.82, 2.24) is 19.9 Å². The number of nitrogens with zero attached hydrogens (tertiary/aromatic N) is 3. The Morgan fingerprint density at radius 2 is 2.19 bits per heavy atom. The third-order valence-electron chi connectivity index (χ3n) is 3.73. The van der Waals surface area contributed by atoms with Crippen molar-refractivity contribution in [3.63, 3.8) is 0 Å². The van der Waals surface area contributed by atoms with Crippen molar-refractivity contribution >= 4 is 5.91 Å². The first-order valence-electron chi connectivity index (χ1n) is 6.94. The highest BCUT2D eigenvalue weighted by molar-refractivity contribution is 5.94. The lowest BCUT2D eigenvalue weighted by molar-refractivity contribution is 0.0732. The largest absolute Gasteiger partial charge is 0.345 e. The first kappa shape index (κ1) is 13.5. The van der Waals surface area contributed by atoms with Crippen LogP contribution in [0.5, 0.6) is 0 Å². The monoisotopic (exact) mass is 284 g/mol. The fourth-order valence-corrected chi connectivity index (χ4v) is 2.67. The number of nitrogens with one attached hydrogen (secondary N) is 1. The van der Waals surface area contributed by atoms with Gasteiger partial charge in [0.15, 0.2) is 0 Å². The van der Waals surface area contributed by atoms with Crippen molar-refractivity contribution < 1.29 is 4.79 Å². The van der Waals surface area contributed by atoms with Crippen molar-refractivity contribution in [3.8, 4) is 0 Å². The number of aryl methyl sites for hydroxylation is 1. The minimum absolute atomic E-state index is 0.0531. The predicted octanol–water partition coefficient (Wildman–Crippen LogP) is 1.45. The van der Waals surface area contributed by atoms with E-state index in [1.807, 2.05) is 13.0 Å². The molecule has 6 nitrogen and oxygen atoms in total. The molecule has 3 heterocycles. The molecule has 1 aliphatic rings. The van der Waals surface area contributed by atoms with Crippen LogP contribution in [0, 0.1) is 6.92 Å². The lowest BCUT2D eigenvalue weighted by Gasteiger charge is -2.24. The Hall–Kier alpha value is -2.50. The average molecular weight is 284 g/mol. The van der Waals surface area contributed by atoms with Gasteiger partial charge in [0, 0.05) is 30.3 Å². The zero-order valence-corrected chi connectivity index (χ0v) is 11.7. The van der Waals surface area contributed by atoms with Gasteiger partial charge in [0.25, 0.3) is 5.91 Å². The summed E-state index contributed by atoms with van der Waals surface area (Å²) in [7, 11) is 0. The summed E-state index contributed by atoms with van der Waals surface area (Å²) in [5.74, 6) is -0.0531. The van der Waals surface area contributed by atoms with Crippen molar-refractivity contribution in [2.24, 2.45) is 0 Å². The Morgan fingerprint density at radius 3 is 2.90 bits per heavy atom. The Morgan fingerprint density at radius 1 is 1.33 bits per heavy atom. The van der Waals surface area contributed by atoms with Crippen molar-refractivity contribution in [3.05, 3.63) is 58.0 Å². The van der Waals surface area contributed by atoms with Gasteiger partial charge in [-0.25, -0.2) is 9.78 Å².